The fraction of sp³-hybridized carbons (Fsp3) is 0.455. The van der Waals surface area contributed by atoms with Crippen LogP contribution in [0.1, 0.15) is 24.9 Å². The average Bonchev–Trinajstić information content (AvgIpc) is 3.08. The van der Waals surface area contributed by atoms with Gasteiger partial charge >= 0.3 is 0 Å². The smallest absolute Gasteiger partial charge is 0.182 e. The van der Waals surface area contributed by atoms with Crippen LogP contribution in [0.25, 0.3) is 0 Å². The molecule has 2 aromatic rings. The number of likely N-dealkylation sites (tertiary alicyclic amines) is 1. The highest BCUT2D eigenvalue weighted by Gasteiger charge is 2.49. The van der Waals surface area contributed by atoms with Crippen molar-refractivity contribution in [3.8, 4) is 0 Å². The van der Waals surface area contributed by atoms with Gasteiger partial charge in [-0.25, -0.2) is 8.42 Å². The lowest BCUT2D eigenvalue weighted by molar-refractivity contribution is 0.0387. The monoisotopic (exact) mass is 403 g/mol. The van der Waals surface area contributed by atoms with Gasteiger partial charge in [0.25, 0.3) is 0 Å². The quantitative estimate of drug-likeness (QED) is 0.677. The highest BCUT2D eigenvalue weighted by Crippen LogP contribution is 2.39. The minimum absolute atomic E-state index is 0.00356. The van der Waals surface area contributed by atoms with Gasteiger partial charge in [-0.05, 0) is 31.0 Å². The van der Waals surface area contributed by atoms with Crippen LogP contribution in [0, 0.1) is 0 Å². The van der Waals surface area contributed by atoms with Gasteiger partial charge in [0.2, 0.25) is 0 Å². The molecule has 0 spiro atoms. The Morgan fingerprint density at radius 2 is 1.54 bits per heavy atom. The van der Waals surface area contributed by atoms with E-state index in [9.17, 15) is 8.42 Å². The minimum atomic E-state index is -3.49. The van der Waals surface area contributed by atoms with Gasteiger partial charge < -0.3 is 9.47 Å². The molecule has 1 unspecified atom stereocenters. The van der Waals surface area contributed by atoms with E-state index in [0.717, 1.165) is 5.56 Å². The van der Waals surface area contributed by atoms with Crippen LogP contribution < -0.4 is 0 Å². The first kappa shape index (κ1) is 21.0. The molecule has 1 aliphatic heterocycles. The highest BCUT2D eigenvalue weighted by atomic mass is 32.2. The number of methoxy groups -OCH3 is 2. The molecule has 0 saturated carbocycles. The molecular weight excluding hydrogens is 374 g/mol. The minimum Gasteiger partial charge on any atom is -0.383 e. The van der Waals surface area contributed by atoms with Crippen LogP contribution in [0.4, 0.5) is 0 Å². The number of rotatable bonds is 8. The van der Waals surface area contributed by atoms with Crippen molar-refractivity contribution in [1.82, 2.24) is 4.90 Å². The molecule has 0 amide bonds. The van der Waals surface area contributed by atoms with E-state index in [1.807, 2.05) is 24.3 Å². The van der Waals surface area contributed by atoms with E-state index < -0.39 is 15.1 Å². The first-order valence-electron chi connectivity index (χ1n) is 9.60. The van der Waals surface area contributed by atoms with Crippen molar-refractivity contribution >= 4 is 9.84 Å². The first-order valence-corrected chi connectivity index (χ1v) is 11.1. The Balaban J connectivity index is 2.00. The van der Waals surface area contributed by atoms with Gasteiger partial charge in [-0.1, -0.05) is 48.5 Å². The van der Waals surface area contributed by atoms with Crippen LogP contribution in [-0.4, -0.2) is 58.1 Å². The van der Waals surface area contributed by atoms with Crippen molar-refractivity contribution in [1.29, 1.82) is 0 Å². The zero-order valence-corrected chi connectivity index (χ0v) is 17.5. The summed E-state index contributed by atoms with van der Waals surface area (Å²) in [7, 11) is -0.199. The third-order valence-electron chi connectivity index (χ3n) is 5.63. The summed E-state index contributed by atoms with van der Waals surface area (Å²) in [6.45, 7) is 2.96. The van der Waals surface area contributed by atoms with Crippen molar-refractivity contribution < 1.29 is 17.9 Å². The largest absolute Gasteiger partial charge is 0.383 e. The van der Waals surface area contributed by atoms with Crippen LogP contribution in [0.5, 0.6) is 0 Å². The topological polar surface area (TPSA) is 55.8 Å². The Labute approximate surface area is 168 Å². The summed E-state index contributed by atoms with van der Waals surface area (Å²) >= 11 is 0. The summed E-state index contributed by atoms with van der Waals surface area (Å²) in [4.78, 5) is 2.64. The van der Waals surface area contributed by atoms with Crippen LogP contribution >= 0.6 is 0 Å². The van der Waals surface area contributed by atoms with Crippen LogP contribution in [0.2, 0.25) is 0 Å². The second-order valence-corrected chi connectivity index (χ2v) is 9.46. The van der Waals surface area contributed by atoms with E-state index in [0.29, 0.717) is 24.5 Å². The standard InChI is InChI=1S/C22H29NO4S/c1-17(18-10-6-4-7-11-18)23-19(15-26-2)14-22(21(23)16-27-3)28(24,25)20-12-8-5-9-13-20/h4-13,17,19,21-22H,14-16H2,1-3H3/t17-,19-,21+,22?/m1/s1. The van der Waals surface area contributed by atoms with E-state index in [1.165, 1.54) is 0 Å². The summed E-state index contributed by atoms with van der Waals surface area (Å²) in [6.07, 6.45) is 0.524. The molecule has 4 atom stereocenters. The molecule has 28 heavy (non-hydrogen) atoms. The van der Waals surface area contributed by atoms with Crippen molar-refractivity contribution in [3.05, 3.63) is 66.2 Å². The van der Waals surface area contributed by atoms with Gasteiger partial charge in [0.1, 0.15) is 0 Å². The third-order valence-corrected chi connectivity index (χ3v) is 7.87. The molecule has 0 aromatic heterocycles. The predicted octanol–water partition coefficient (Wildman–Crippen LogP) is 3.33. The second-order valence-electron chi connectivity index (χ2n) is 7.30. The molecule has 1 fully saturated rings. The maximum absolute atomic E-state index is 13.5. The maximum Gasteiger partial charge on any atom is 0.182 e. The average molecular weight is 404 g/mol. The Morgan fingerprint density at radius 1 is 0.964 bits per heavy atom. The zero-order chi connectivity index (χ0) is 20.1. The van der Waals surface area contributed by atoms with Crippen molar-refractivity contribution in [2.75, 3.05) is 27.4 Å². The predicted molar refractivity (Wildman–Crippen MR) is 110 cm³/mol. The third kappa shape index (κ3) is 4.15. The zero-order valence-electron chi connectivity index (χ0n) is 16.7. The molecule has 0 bridgehead atoms. The van der Waals surface area contributed by atoms with Crippen molar-refractivity contribution in [2.45, 2.75) is 41.6 Å². The number of hydrogen-bond acceptors (Lipinski definition) is 5. The number of sulfone groups is 1. The normalized spacial score (nSPS) is 24.3. The molecule has 152 valence electrons. The second kappa shape index (κ2) is 9.18. The summed E-state index contributed by atoms with van der Waals surface area (Å²) in [5.74, 6) is 0. The SMILES string of the molecule is COC[C@H]1CC(S(=O)(=O)c2ccccc2)[C@H](COC)N1[C@H](C)c1ccccc1. The van der Waals surface area contributed by atoms with Gasteiger partial charge in [-0.15, -0.1) is 0 Å². The van der Waals surface area contributed by atoms with E-state index in [1.54, 1.807) is 38.5 Å². The van der Waals surface area contributed by atoms with Crippen LogP contribution in [-0.2, 0) is 19.3 Å². The maximum atomic E-state index is 13.5. The number of nitrogens with zero attached hydrogens (tertiary/aromatic N) is 1. The summed E-state index contributed by atoms with van der Waals surface area (Å²) in [5.41, 5.74) is 1.16. The molecular formula is C22H29NO4S. The molecule has 0 aliphatic carbocycles. The Bertz CT molecular complexity index is 841. The fourth-order valence-corrected chi connectivity index (χ4v) is 6.34. The summed E-state index contributed by atoms with van der Waals surface area (Å²) in [5, 5.41) is -0.541. The lowest BCUT2D eigenvalue weighted by Gasteiger charge is -2.36. The number of hydrogen-bond donors (Lipinski definition) is 0. The van der Waals surface area contributed by atoms with E-state index in [4.69, 9.17) is 9.47 Å². The molecule has 1 aliphatic rings. The molecule has 5 nitrogen and oxygen atoms in total. The Kier molecular flexibility index (Phi) is 6.88. The van der Waals surface area contributed by atoms with Gasteiger partial charge in [0.05, 0.1) is 29.4 Å². The van der Waals surface area contributed by atoms with Gasteiger partial charge in [0, 0.05) is 26.3 Å². The van der Waals surface area contributed by atoms with Gasteiger partial charge in [-0.3, -0.25) is 4.90 Å². The number of benzene rings is 2. The Morgan fingerprint density at radius 3 is 2.11 bits per heavy atom. The van der Waals surface area contributed by atoms with E-state index in [2.05, 4.69) is 24.0 Å². The summed E-state index contributed by atoms with van der Waals surface area (Å²) < 4.78 is 37.8. The van der Waals surface area contributed by atoms with Crippen molar-refractivity contribution in [3.63, 3.8) is 0 Å². The molecule has 1 saturated heterocycles. The molecule has 0 N–H and O–H groups in total. The Hall–Kier alpha value is -1.73. The van der Waals surface area contributed by atoms with E-state index in [-0.39, 0.29) is 18.1 Å². The molecule has 0 radical (unpaired) electrons. The van der Waals surface area contributed by atoms with Crippen LogP contribution in [0.15, 0.2) is 65.6 Å². The van der Waals surface area contributed by atoms with Gasteiger partial charge in [-0.2, -0.15) is 0 Å². The fourth-order valence-electron chi connectivity index (χ4n) is 4.35. The van der Waals surface area contributed by atoms with Crippen molar-refractivity contribution in [2.24, 2.45) is 0 Å². The molecule has 6 heteroatoms. The highest BCUT2D eigenvalue weighted by molar-refractivity contribution is 7.92. The lowest BCUT2D eigenvalue weighted by atomic mass is 10.1. The van der Waals surface area contributed by atoms with E-state index >= 15 is 0 Å². The molecule has 1 heterocycles. The number of ether oxygens (including phenoxy) is 2. The summed E-state index contributed by atoms with van der Waals surface area (Å²) in [6, 6.07) is 18.7. The first-order chi connectivity index (χ1) is 13.5. The van der Waals surface area contributed by atoms with Gasteiger partial charge in [0.15, 0.2) is 9.84 Å². The molecule has 3 rings (SSSR count). The van der Waals surface area contributed by atoms with Crippen LogP contribution in [0.3, 0.4) is 0 Å². The molecule has 2 aromatic carbocycles. The lowest BCUT2D eigenvalue weighted by Crippen LogP contribution is -2.46.